The van der Waals surface area contributed by atoms with E-state index in [2.05, 4.69) is 5.32 Å². The number of hydrogen-bond donors (Lipinski definition) is 1. The maximum Gasteiger partial charge on any atom is 0.235 e. The molecule has 1 amide bonds. The first-order valence-electron chi connectivity index (χ1n) is 5.51. The molecule has 0 bridgehead atoms. The summed E-state index contributed by atoms with van der Waals surface area (Å²) in [5.74, 6) is -0.253. The summed E-state index contributed by atoms with van der Waals surface area (Å²) in [6, 6.07) is 0.0279. The fraction of sp³-hybridized carbons (Fsp3) is 0.900. The molecule has 0 aromatic heterocycles. The second-order valence-electron chi connectivity index (χ2n) is 4.17. The average molecular weight is 250 g/mol. The van der Waals surface area contributed by atoms with Crippen molar-refractivity contribution in [3.8, 4) is 0 Å². The van der Waals surface area contributed by atoms with Crippen LogP contribution in [0.25, 0.3) is 0 Å². The molecule has 1 N–H and O–H groups in total. The largest absolute Gasteiger partial charge is 0.353 e. The van der Waals surface area contributed by atoms with E-state index < -0.39 is 10.0 Å². The highest BCUT2D eigenvalue weighted by atomic mass is 32.2. The van der Waals surface area contributed by atoms with Gasteiger partial charge in [-0.1, -0.05) is 13.3 Å². The van der Waals surface area contributed by atoms with E-state index in [9.17, 15) is 13.2 Å². The number of carbonyl (C=O) groups excluding carboxylic acids is 1. The van der Waals surface area contributed by atoms with Gasteiger partial charge in [-0.05, 0) is 20.3 Å². The standard InChI is InChI=1S/C10H22N2O3S/c1-5-6-7-12(16(4,14)15)8-10(13)11-9(2)3/h9H,5-8H2,1-4H3,(H,11,13). The smallest absolute Gasteiger partial charge is 0.235 e. The van der Waals surface area contributed by atoms with Crippen LogP contribution in [0.3, 0.4) is 0 Å². The summed E-state index contributed by atoms with van der Waals surface area (Å²) in [4.78, 5) is 11.5. The van der Waals surface area contributed by atoms with Crippen molar-refractivity contribution in [1.82, 2.24) is 9.62 Å². The molecule has 0 atom stereocenters. The van der Waals surface area contributed by atoms with Gasteiger partial charge in [-0.25, -0.2) is 8.42 Å². The van der Waals surface area contributed by atoms with Gasteiger partial charge < -0.3 is 5.32 Å². The lowest BCUT2D eigenvalue weighted by Gasteiger charge is -2.19. The average Bonchev–Trinajstić information content (AvgIpc) is 2.08. The maximum absolute atomic E-state index is 11.5. The third kappa shape index (κ3) is 6.79. The molecule has 0 aromatic carbocycles. The molecule has 96 valence electrons. The van der Waals surface area contributed by atoms with E-state index >= 15 is 0 Å². The molecule has 6 heteroatoms. The molecule has 16 heavy (non-hydrogen) atoms. The lowest BCUT2D eigenvalue weighted by molar-refractivity contribution is -0.121. The molecule has 5 nitrogen and oxygen atoms in total. The Morgan fingerprint density at radius 2 is 1.94 bits per heavy atom. The third-order valence-corrected chi connectivity index (χ3v) is 3.25. The first-order valence-corrected chi connectivity index (χ1v) is 7.36. The van der Waals surface area contributed by atoms with Gasteiger partial charge >= 0.3 is 0 Å². The first kappa shape index (κ1) is 15.4. The molecular weight excluding hydrogens is 228 g/mol. The summed E-state index contributed by atoms with van der Waals surface area (Å²) >= 11 is 0. The van der Waals surface area contributed by atoms with Gasteiger partial charge in [0.2, 0.25) is 15.9 Å². The zero-order valence-corrected chi connectivity index (χ0v) is 11.3. The van der Waals surface area contributed by atoms with Crippen LogP contribution in [0.5, 0.6) is 0 Å². The minimum Gasteiger partial charge on any atom is -0.353 e. The van der Waals surface area contributed by atoms with E-state index in [0.717, 1.165) is 19.1 Å². The Balaban J connectivity index is 4.38. The number of nitrogens with one attached hydrogen (secondary N) is 1. The lowest BCUT2D eigenvalue weighted by Crippen LogP contribution is -2.42. The fourth-order valence-corrected chi connectivity index (χ4v) is 2.04. The van der Waals surface area contributed by atoms with Crippen molar-refractivity contribution in [3.05, 3.63) is 0 Å². The Morgan fingerprint density at radius 1 is 1.38 bits per heavy atom. The number of unbranched alkanes of at least 4 members (excludes halogenated alkanes) is 1. The van der Waals surface area contributed by atoms with E-state index in [1.165, 1.54) is 4.31 Å². The maximum atomic E-state index is 11.5. The van der Waals surface area contributed by atoms with Crippen LogP contribution in [0, 0.1) is 0 Å². The monoisotopic (exact) mass is 250 g/mol. The number of amides is 1. The van der Waals surface area contributed by atoms with Gasteiger partial charge in [-0.15, -0.1) is 0 Å². The molecule has 0 rings (SSSR count). The molecule has 0 aliphatic carbocycles. The number of sulfonamides is 1. The number of nitrogens with zero attached hydrogens (tertiary/aromatic N) is 1. The second kappa shape index (κ2) is 6.85. The first-order chi connectivity index (χ1) is 7.27. The van der Waals surface area contributed by atoms with E-state index in [0.29, 0.717) is 6.54 Å². The normalized spacial score (nSPS) is 12.1. The van der Waals surface area contributed by atoms with E-state index in [1.807, 2.05) is 20.8 Å². The molecule has 0 saturated carbocycles. The number of rotatable bonds is 7. The van der Waals surface area contributed by atoms with Gasteiger partial charge in [0.15, 0.2) is 0 Å². The molecular formula is C10H22N2O3S. The molecule has 0 fully saturated rings. The lowest BCUT2D eigenvalue weighted by atomic mass is 10.3. The van der Waals surface area contributed by atoms with Crippen LogP contribution in [-0.2, 0) is 14.8 Å². The molecule has 0 saturated heterocycles. The molecule has 0 radical (unpaired) electrons. The van der Waals surface area contributed by atoms with Crippen molar-refractivity contribution in [2.24, 2.45) is 0 Å². The van der Waals surface area contributed by atoms with Crippen molar-refractivity contribution in [3.63, 3.8) is 0 Å². The SMILES string of the molecule is CCCCN(CC(=O)NC(C)C)S(C)(=O)=O. The molecule has 0 aliphatic heterocycles. The van der Waals surface area contributed by atoms with Crippen LogP contribution in [0.15, 0.2) is 0 Å². The quantitative estimate of drug-likeness (QED) is 0.718. The van der Waals surface area contributed by atoms with Crippen molar-refractivity contribution < 1.29 is 13.2 Å². The molecule has 0 unspecified atom stereocenters. The Labute approximate surface area is 98.3 Å². The molecule has 0 spiro atoms. The van der Waals surface area contributed by atoms with Gasteiger partial charge in [-0.3, -0.25) is 4.79 Å². The van der Waals surface area contributed by atoms with E-state index in [-0.39, 0.29) is 18.5 Å². The van der Waals surface area contributed by atoms with Crippen LogP contribution in [0.2, 0.25) is 0 Å². The predicted molar refractivity (Wildman–Crippen MR) is 64.6 cm³/mol. The summed E-state index contributed by atoms with van der Waals surface area (Å²) in [5, 5.41) is 2.68. The van der Waals surface area contributed by atoms with Crippen LogP contribution >= 0.6 is 0 Å². The van der Waals surface area contributed by atoms with Crippen molar-refractivity contribution in [1.29, 1.82) is 0 Å². The number of hydrogen-bond acceptors (Lipinski definition) is 3. The van der Waals surface area contributed by atoms with Crippen LogP contribution < -0.4 is 5.32 Å². The highest BCUT2D eigenvalue weighted by molar-refractivity contribution is 7.88. The highest BCUT2D eigenvalue weighted by Gasteiger charge is 2.19. The zero-order valence-electron chi connectivity index (χ0n) is 10.5. The number of carbonyl (C=O) groups is 1. The Morgan fingerprint density at radius 3 is 2.31 bits per heavy atom. The molecule has 0 heterocycles. The Kier molecular flexibility index (Phi) is 6.59. The summed E-state index contributed by atoms with van der Waals surface area (Å²) in [5.41, 5.74) is 0. The van der Waals surface area contributed by atoms with Crippen molar-refractivity contribution in [2.75, 3.05) is 19.3 Å². The van der Waals surface area contributed by atoms with Gasteiger partial charge in [0.1, 0.15) is 0 Å². The highest BCUT2D eigenvalue weighted by Crippen LogP contribution is 2.01. The Bertz CT molecular complexity index is 312. The predicted octanol–water partition coefficient (Wildman–Crippen LogP) is 0.573. The van der Waals surface area contributed by atoms with Crippen molar-refractivity contribution in [2.45, 2.75) is 39.7 Å². The van der Waals surface area contributed by atoms with Crippen molar-refractivity contribution >= 4 is 15.9 Å². The minimum atomic E-state index is -3.30. The third-order valence-electron chi connectivity index (χ3n) is 2.00. The molecule has 0 aliphatic rings. The van der Waals surface area contributed by atoms with Gasteiger partial charge in [0.25, 0.3) is 0 Å². The second-order valence-corrected chi connectivity index (χ2v) is 6.15. The summed E-state index contributed by atoms with van der Waals surface area (Å²) in [7, 11) is -3.30. The van der Waals surface area contributed by atoms with Crippen LogP contribution in [-0.4, -0.2) is 44.0 Å². The van der Waals surface area contributed by atoms with Crippen LogP contribution in [0.1, 0.15) is 33.6 Å². The minimum absolute atomic E-state index is 0.0279. The van der Waals surface area contributed by atoms with Gasteiger partial charge in [0, 0.05) is 12.6 Å². The van der Waals surface area contributed by atoms with Gasteiger partial charge in [0.05, 0.1) is 12.8 Å². The van der Waals surface area contributed by atoms with Gasteiger partial charge in [-0.2, -0.15) is 4.31 Å². The zero-order chi connectivity index (χ0) is 12.8. The summed E-state index contributed by atoms with van der Waals surface area (Å²) < 4.78 is 24.0. The Hall–Kier alpha value is -0.620. The molecule has 0 aromatic rings. The van der Waals surface area contributed by atoms with Crippen LogP contribution in [0.4, 0.5) is 0 Å². The fourth-order valence-electron chi connectivity index (χ4n) is 1.22. The topological polar surface area (TPSA) is 66.5 Å². The van der Waals surface area contributed by atoms with E-state index in [4.69, 9.17) is 0 Å². The van der Waals surface area contributed by atoms with E-state index in [1.54, 1.807) is 0 Å². The summed E-state index contributed by atoms with van der Waals surface area (Å²) in [6.45, 7) is 5.98. The summed E-state index contributed by atoms with van der Waals surface area (Å²) in [6.07, 6.45) is 2.80.